The molecule has 0 bridgehead atoms. The van der Waals surface area contributed by atoms with E-state index in [2.05, 4.69) is 19.2 Å². The maximum absolute atomic E-state index is 12.2. The number of carbonyl (C=O) groups is 1. The third-order valence-corrected chi connectivity index (χ3v) is 5.38. The number of carbonyl (C=O) groups excluding carboxylic acids is 1. The van der Waals surface area contributed by atoms with Crippen LogP contribution in [0.25, 0.3) is 0 Å². The highest BCUT2D eigenvalue weighted by Crippen LogP contribution is 2.38. The molecule has 0 atom stereocenters. The highest BCUT2D eigenvalue weighted by Gasteiger charge is 2.33. The second-order valence-electron chi connectivity index (χ2n) is 6.58. The minimum absolute atomic E-state index is 0.0165. The standard InChI is InChI=1S/C16H32N2O2/c1-3-15(4-2,13-19)12-18-14(20)10-16(11-17)8-6-5-7-9-16/h19H,3-13,17H2,1-2H3,(H,18,20). The second kappa shape index (κ2) is 7.99. The molecule has 20 heavy (non-hydrogen) atoms. The van der Waals surface area contributed by atoms with Crippen molar-refractivity contribution in [3.63, 3.8) is 0 Å². The van der Waals surface area contributed by atoms with Crippen molar-refractivity contribution in [2.24, 2.45) is 16.6 Å². The Kier molecular flexibility index (Phi) is 6.96. The summed E-state index contributed by atoms with van der Waals surface area (Å²) in [5, 5.41) is 12.6. The molecule has 0 spiro atoms. The zero-order valence-corrected chi connectivity index (χ0v) is 13.2. The lowest BCUT2D eigenvalue weighted by Crippen LogP contribution is -2.43. The van der Waals surface area contributed by atoms with Gasteiger partial charge in [-0.1, -0.05) is 33.1 Å². The fraction of sp³-hybridized carbons (Fsp3) is 0.938. The monoisotopic (exact) mass is 284 g/mol. The average molecular weight is 284 g/mol. The molecular weight excluding hydrogens is 252 g/mol. The normalized spacial score (nSPS) is 18.8. The van der Waals surface area contributed by atoms with Crippen LogP contribution in [0.3, 0.4) is 0 Å². The van der Waals surface area contributed by atoms with E-state index in [-0.39, 0.29) is 23.3 Å². The van der Waals surface area contributed by atoms with Crippen molar-refractivity contribution in [3.8, 4) is 0 Å². The molecule has 0 radical (unpaired) electrons. The van der Waals surface area contributed by atoms with Crippen LogP contribution in [0.15, 0.2) is 0 Å². The minimum Gasteiger partial charge on any atom is -0.396 e. The topological polar surface area (TPSA) is 75.3 Å². The molecule has 1 aliphatic carbocycles. The van der Waals surface area contributed by atoms with E-state index in [1.807, 2.05) is 0 Å². The minimum atomic E-state index is -0.169. The summed E-state index contributed by atoms with van der Waals surface area (Å²) in [6.07, 6.45) is 8.09. The molecule has 4 heteroatoms. The Morgan fingerprint density at radius 3 is 2.30 bits per heavy atom. The van der Waals surface area contributed by atoms with Crippen molar-refractivity contribution >= 4 is 5.91 Å². The lowest BCUT2D eigenvalue weighted by Gasteiger charge is -2.36. The molecule has 1 fully saturated rings. The number of rotatable bonds is 8. The first-order valence-corrected chi connectivity index (χ1v) is 8.13. The van der Waals surface area contributed by atoms with E-state index < -0.39 is 0 Å². The van der Waals surface area contributed by atoms with Gasteiger partial charge in [-0.25, -0.2) is 0 Å². The van der Waals surface area contributed by atoms with Gasteiger partial charge in [0.15, 0.2) is 0 Å². The molecule has 1 aliphatic rings. The SMILES string of the molecule is CCC(CC)(CO)CNC(=O)CC1(CN)CCCCC1. The molecule has 1 rings (SSSR count). The van der Waals surface area contributed by atoms with E-state index in [0.29, 0.717) is 19.5 Å². The molecule has 0 heterocycles. The van der Waals surface area contributed by atoms with Crippen LogP contribution in [0.2, 0.25) is 0 Å². The van der Waals surface area contributed by atoms with Gasteiger partial charge in [0.25, 0.3) is 0 Å². The van der Waals surface area contributed by atoms with Gasteiger partial charge in [-0.3, -0.25) is 4.79 Å². The van der Waals surface area contributed by atoms with Crippen molar-refractivity contribution in [1.82, 2.24) is 5.32 Å². The Hall–Kier alpha value is -0.610. The van der Waals surface area contributed by atoms with Crippen LogP contribution >= 0.6 is 0 Å². The average Bonchev–Trinajstić information content (AvgIpc) is 2.50. The van der Waals surface area contributed by atoms with E-state index in [0.717, 1.165) is 25.7 Å². The highest BCUT2D eigenvalue weighted by molar-refractivity contribution is 5.76. The third-order valence-electron chi connectivity index (χ3n) is 5.38. The molecule has 0 unspecified atom stereocenters. The molecule has 118 valence electrons. The number of hydrogen-bond acceptors (Lipinski definition) is 3. The number of amides is 1. The zero-order valence-electron chi connectivity index (χ0n) is 13.2. The maximum Gasteiger partial charge on any atom is 0.220 e. The van der Waals surface area contributed by atoms with Crippen molar-refractivity contribution < 1.29 is 9.90 Å². The summed E-state index contributed by atoms with van der Waals surface area (Å²) < 4.78 is 0. The first kappa shape index (κ1) is 17.4. The Labute approximate surface area is 123 Å². The van der Waals surface area contributed by atoms with E-state index in [1.54, 1.807) is 0 Å². The molecule has 0 aliphatic heterocycles. The molecular formula is C16H32N2O2. The van der Waals surface area contributed by atoms with Crippen LogP contribution in [0.5, 0.6) is 0 Å². The lowest BCUT2D eigenvalue weighted by molar-refractivity contribution is -0.124. The van der Waals surface area contributed by atoms with Gasteiger partial charge in [-0.15, -0.1) is 0 Å². The summed E-state index contributed by atoms with van der Waals surface area (Å²) in [5.41, 5.74) is 5.77. The zero-order chi connectivity index (χ0) is 15.1. The molecule has 1 saturated carbocycles. The molecule has 1 amide bonds. The second-order valence-corrected chi connectivity index (χ2v) is 6.58. The van der Waals surface area contributed by atoms with E-state index in [1.165, 1.54) is 19.3 Å². The molecule has 4 nitrogen and oxygen atoms in total. The first-order chi connectivity index (χ1) is 9.55. The summed E-state index contributed by atoms with van der Waals surface area (Å²) in [6.45, 7) is 5.42. The number of nitrogens with one attached hydrogen (secondary N) is 1. The molecule has 4 N–H and O–H groups in total. The maximum atomic E-state index is 12.2. The largest absolute Gasteiger partial charge is 0.396 e. The molecule has 0 aromatic carbocycles. The van der Waals surface area contributed by atoms with Crippen molar-refractivity contribution in [2.75, 3.05) is 19.7 Å². The van der Waals surface area contributed by atoms with Gasteiger partial charge in [0.1, 0.15) is 0 Å². The van der Waals surface area contributed by atoms with E-state index >= 15 is 0 Å². The van der Waals surface area contributed by atoms with Crippen molar-refractivity contribution in [1.29, 1.82) is 0 Å². The molecule has 0 aromatic heterocycles. The van der Waals surface area contributed by atoms with Gasteiger partial charge >= 0.3 is 0 Å². The third kappa shape index (κ3) is 4.45. The quantitative estimate of drug-likeness (QED) is 0.639. The van der Waals surface area contributed by atoms with Crippen LogP contribution in [-0.4, -0.2) is 30.7 Å². The Morgan fingerprint density at radius 2 is 1.85 bits per heavy atom. The molecule has 0 aromatic rings. The van der Waals surface area contributed by atoms with Gasteiger partial charge < -0.3 is 16.2 Å². The van der Waals surface area contributed by atoms with E-state index in [4.69, 9.17) is 5.73 Å². The first-order valence-electron chi connectivity index (χ1n) is 8.13. The van der Waals surface area contributed by atoms with Crippen LogP contribution in [0.4, 0.5) is 0 Å². The number of hydrogen-bond donors (Lipinski definition) is 3. The van der Waals surface area contributed by atoms with Crippen LogP contribution in [0, 0.1) is 10.8 Å². The number of aliphatic hydroxyl groups is 1. The van der Waals surface area contributed by atoms with Gasteiger partial charge in [0.2, 0.25) is 5.91 Å². The Morgan fingerprint density at radius 1 is 1.25 bits per heavy atom. The summed E-state index contributed by atoms with van der Waals surface area (Å²) in [7, 11) is 0. The fourth-order valence-electron chi connectivity index (χ4n) is 3.22. The smallest absolute Gasteiger partial charge is 0.220 e. The number of aliphatic hydroxyl groups excluding tert-OH is 1. The summed E-state index contributed by atoms with van der Waals surface area (Å²) in [6, 6.07) is 0. The van der Waals surface area contributed by atoms with Gasteiger partial charge in [0.05, 0.1) is 6.61 Å². The number of nitrogens with two attached hydrogens (primary N) is 1. The van der Waals surface area contributed by atoms with Gasteiger partial charge in [0, 0.05) is 18.4 Å². The van der Waals surface area contributed by atoms with Crippen LogP contribution in [0.1, 0.15) is 65.2 Å². The summed E-state index contributed by atoms with van der Waals surface area (Å²) >= 11 is 0. The Balaban J connectivity index is 2.50. The van der Waals surface area contributed by atoms with Crippen LogP contribution in [-0.2, 0) is 4.79 Å². The van der Waals surface area contributed by atoms with Gasteiger partial charge in [-0.05, 0) is 37.6 Å². The van der Waals surface area contributed by atoms with E-state index in [9.17, 15) is 9.90 Å². The summed E-state index contributed by atoms with van der Waals surface area (Å²) in [5.74, 6) is 0.0945. The van der Waals surface area contributed by atoms with Crippen molar-refractivity contribution in [3.05, 3.63) is 0 Å². The van der Waals surface area contributed by atoms with Crippen molar-refractivity contribution in [2.45, 2.75) is 65.2 Å². The van der Waals surface area contributed by atoms with Gasteiger partial charge in [-0.2, -0.15) is 0 Å². The molecule has 0 saturated heterocycles. The predicted molar refractivity (Wildman–Crippen MR) is 82.3 cm³/mol. The predicted octanol–water partition coefficient (Wildman–Crippen LogP) is 2.20. The van der Waals surface area contributed by atoms with Crippen LogP contribution < -0.4 is 11.1 Å². The summed E-state index contributed by atoms with van der Waals surface area (Å²) in [4.78, 5) is 12.2. The fourth-order valence-corrected chi connectivity index (χ4v) is 3.22. The highest BCUT2D eigenvalue weighted by atomic mass is 16.3. The Bertz CT molecular complexity index is 287. The lowest BCUT2D eigenvalue weighted by atomic mass is 9.71.